The Morgan fingerprint density at radius 2 is 1.87 bits per heavy atom. The number of hydrogen-bond acceptors (Lipinski definition) is 2. The molecule has 2 nitrogen and oxygen atoms in total. The zero-order chi connectivity index (χ0) is 10.2. The predicted octanol–water partition coefficient (Wildman–Crippen LogP) is 2.65. The first kappa shape index (κ1) is 15.1. The van der Waals surface area contributed by atoms with Gasteiger partial charge >= 0.3 is 24.8 Å². The summed E-state index contributed by atoms with van der Waals surface area (Å²) in [6.45, 7) is 2.78. The molecule has 3 heteroatoms. The molecule has 1 aliphatic carbocycles. The molecule has 0 bridgehead atoms. The van der Waals surface area contributed by atoms with E-state index in [9.17, 15) is 4.79 Å². The van der Waals surface area contributed by atoms with Gasteiger partial charge in [0.1, 0.15) is 0 Å². The second-order valence-electron chi connectivity index (χ2n) is 4.21. The van der Waals surface area contributed by atoms with Gasteiger partial charge in [-0.3, -0.25) is 4.79 Å². The van der Waals surface area contributed by atoms with Gasteiger partial charge in [-0.05, 0) is 19.3 Å². The van der Waals surface area contributed by atoms with Crippen molar-refractivity contribution in [2.45, 2.75) is 58.3 Å². The molecular formula is C12H23LiO2. The van der Waals surface area contributed by atoms with Crippen LogP contribution in [-0.4, -0.2) is 31.4 Å². The van der Waals surface area contributed by atoms with Crippen molar-refractivity contribution >= 4 is 24.8 Å². The van der Waals surface area contributed by atoms with Crippen LogP contribution in [0.2, 0.25) is 0 Å². The van der Waals surface area contributed by atoms with Crippen molar-refractivity contribution in [1.29, 1.82) is 0 Å². The van der Waals surface area contributed by atoms with E-state index in [0.29, 0.717) is 6.61 Å². The molecule has 1 aliphatic rings. The van der Waals surface area contributed by atoms with Crippen LogP contribution in [0.25, 0.3) is 0 Å². The number of esters is 1. The van der Waals surface area contributed by atoms with Crippen molar-refractivity contribution in [2.75, 3.05) is 6.61 Å². The fourth-order valence-electron chi connectivity index (χ4n) is 1.98. The van der Waals surface area contributed by atoms with Gasteiger partial charge in [0.25, 0.3) is 0 Å². The molecule has 1 fully saturated rings. The number of rotatable bonds is 5. The summed E-state index contributed by atoms with van der Waals surface area (Å²) < 4.78 is 5.24. The average molecular weight is 206 g/mol. The van der Waals surface area contributed by atoms with Gasteiger partial charge in [-0.1, -0.05) is 39.0 Å². The predicted molar refractivity (Wildman–Crippen MR) is 64.2 cm³/mol. The molecule has 0 radical (unpaired) electrons. The van der Waals surface area contributed by atoms with E-state index in [-0.39, 0.29) is 30.7 Å². The van der Waals surface area contributed by atoms with E-state index in [0.717, 1.165) is 25.7 Å². The van der Waals surface area contributed by atoms with Crippen LogP contribution in [0.1, 0.15) is 58.3 Å². The van der Waals surface area contributed by atoms with Crippen LogP contribution in [0.15, 0.2) is 0 Å². The Balaban J connectivity index is 0.00000196. The maximum absolute atomic E-state index is 11.5. The monoisotopic (exact) mass is 206 g/mol. The van der Waals surface area contributed by atoms with Crippen molar-refractivity contribution < 1.29 is 9.53 Å². The second-order valence-corrected chi connectivity index (χ2v) is 4.21. The molecule has 0 atom stereocenters. The van der Waals surface area contributed by atoms with Crippen LogP contribution in [0, 0.1) is 5.92 Å². The van der Waals surface area contributed by atoms with Crippen LogP contribution in [0.5, 0.6) is 0 Å². The van der Waals surface area contributed by atoms with Gasteiger partial charge in [-0.2, -0.15) is 0 Å². The van der Waals surface area contributed by atoms with Crippen molar-refractivity contribution in [2.24, 2.45) is 5.92 Å². The molecule has 0 amide bonds. The third-order valence-electron chi connectivity index (χ3n) is 2.93. The molecule has 0 aliphatic heterocycles. The summed E-state index contributed by atoms with van der Waals surface area (Å²) >= 11 is 0. The van der Waals surface area contributed by atoms with E-state index in [1.807, 2.05) is 0 Å². The molecule has 1 rings (SSSR count). The van der Waals surface area contributed by atoms with E-state index in [1.54, 1.807) is 0 Å². The minimum absolute atomic E-state index is 0. The summed E-state index contributed by atoms with van der Waals surface area (Å²) in [5.41, 5.74) is 0. The van der Waals surface area contributed by atoms with Crippen molar-refractivity contribution in [3.05, 3.63) is 0 Å². The van der Waals surface area contributed by atoms with Crippen molar-refractivity contribution in [1.82, 2.24) is 0 Å². The van der Waals surface area contributed by atoms with Gasteiger partial charge in [0.2, 0.25) is 0 Å². The number of carbonyl (C=O) groups is 1. The Hall–Kier alpha value is 0.0674. The summed E-state index contributed by atoms with van der Waals surface area (Å²) in [5, 5.41) is 0. The molecule has 0 heterocycles. The zero-order valence-electron chi connectivity index (χ0n) is 9.26. The summed E-state index contributed by atoms with van der Waals surface area (Å²) in [4.78, 5) is 11.5. The van der Waals surface area contributed by atoms with Crippen LogP contribution in [0.4, 0.5) is 0 Å². The number of hydrogen-bond donors (Lipinski definition) is 0. The minimum atomic E-state index is 0. The average Bonchev–Trinajstić information content (AvgIpc) is 2.25. The first-order valence-corrected chi connectivity index (χ1v) is 6.01. The Kier molecular flexibility index (Phi) is 9.35. The maximum atomic E-state index is 11.5. The molecule has 0 spiro atoms. The Labute approximate surface area is 105 Å². The molecule has 1 saturated carbocycles. The molecule has 0 aromatic carbocycles. The third-order valence-corrected chi connectivity index (χ3v) is 2.93. The fraction of sp³-hybridized carbons (Fsp3) is 0.917. The summed E-state index contributed by atoms with van der Waals surface area (Å²) in [7, 11) is 0. The Bertz CT molecular complexity index is 165. The molecule has 84 valence electrons. The standard InChI is InChI=1S/C12H22O2.Li.H/c1-2-3-7-10-14-12(13)11-8-5-4-6-9-11;;/h11H,2-10H2,1H3;;. The summed E-state index contributed by atoms with van der Waals surface area (Å²) in [6, 6.07) is 0. The van der Waals surface area contributed by atoms with Gasteiger partial charge in [0.05, 0.1) is 12.5 Å². The van der Waals surface area contributed by atoms with E-state index < -0.39 is 0 Å². The molecule has 15 heavy (non-hydrogen) atoms. The quantitative estimate of drug-likeness (QED) is 0.392. The molecular weight excluding hydrogens is 183 g/mol. The molecule has 0 aromatic heterocycles. The van der Waals surface area contributed by atoms with E-state index in [2.05, 4.69) is 6.92 Å². The number of unbranched alkanes of at least 4 members (excludes halogenated alkanes) is 2. The van der Waals surface area contributed by atoms with Crippen LogP contribution in [0.3, 0.4) is 0 Å². The van der Waals surface area contributed by atoms with Crippen LogP contribution < -0.4 is 0 Å². The van der Waals surface area contributed by atoms with E-state index in [4.69, 9.17) is 4.74 Å². The van der Waals surface area contributed by atoms with E-state index in [1.165, 1.54) is 25.7 Å². The molecule has 0 aromatic rings. The zero-order valence-corrected chi connectivity index (χ0v) is 9.26. The van der Waals surface area contributed by atoms with Gasteiger partial charge in [-0.15, -0.1) is 0 Å². The third kappa shape index (κ3) is 6.28. The number of carbonyl (C=O) groups excluding carboxylic acids is 1. The molecule has 0 unspecified atom stereocenters. The van der Waals surface area contributed by atoms with Crippen molar-refractivity contribution in [3.63, 3.8) is 0 Å². The van der Waals surface area contributed by atoms with Gasteiger partial charge < -0.3 is 4.74 Å². The topological polar surface area (TPSA) is 26.3 Å². The Morgan fingerprint density at radius 3 is 2.47 bits per heavy atom. The first-order valence-electron chi connectivity index (χ1n) is 6.01. The van der Waals surface area contributed by atoms with Gasteiger partial charge in [0.15, 0.2) is 0 Å². The SMILES string of the molecule is CCCCCOC(=O)C1CCCCC1.[LiH]. The second kappa shape index (κ2) is 9.30. The van der Waals surface area contributed by atoms with Crippen LogP contribution >= 0.6 is 0 Å². The molecule has 0 saturated heterocycles. The van der Waals surface area contributed by atoms with Crippen LogP contribution in [-0.2, 0) is 9.53 Å². The Morgan fingerprint density at radius 1 is 1.20 bits per heavy atom. The normalized spacial score (nSPS) is 16.9. The first-order chi connectivity index (χ1) is 6.84. The van der Waals surface area contributed by atoms with Gasteiger partial charge in [-0.25, -0.2) is 0 Å². The summed E-state index contributed by atoms with van der Waals surface area (Å²) in [6.07, 6.45) is 9.16. The number of ether oxygens (including phenoxy) is 1. The van der Waals surface area contributed by atoms with E-state index >= 15 is 0 Å². The molecule has 0 N–H and O–H groups in total. The fourth-order valence-corrected chi connectivity index (χ4v) is 1.98. The van der Waals surface area contributed by atoms with Crippen molar-refractivity contribution in [3.8, 4) is 0 Å². The summed E-state index contributed by atoms with van der Waals surface area (Å²) in [5.74, 6) is 0.270. The van der Waals surface area contributed by atoms with Gasteiger partial charge in [0, 0.05) is 0 Å².